The number of tetrazole rings is 1. The number of hydrogen-bond acceptors (Lipinski definition) is 5. The molecule has 0 atom stereocenters. The third-order valence-corrected chi connectivity index (χ3v) is 2.94. The molecule has 19 heavy (non-hydrogen) atoms. The molecule has 0 aliphatic heterocycles. The summed E-state index contributed by atoms with van der Waals surface area (Å²) in [6, 6.07) is 10.2. The summed E-state index contributed by atoms with van der Waals surface area (Å²) >= 11 is 0. The van der Waals surface area contributed by atoms with Crippen molar-refractivity contribution in [2.75, 3.05) is 18.0 Å². The summed E-state index contributed by atoms with van der Waals surface area (Å²) in [5, 5.41) is 12.0. The van der Waals surface area contributed by atoms with Crippen molar-refractivity contribution in [3.63, 3.8) is 0 Å². The van der Waals surface area contributed by atoms with Crippen molar-refractivity contribution >= 4 is 5.95 Å². The van der Waals surface area contributed by atoms with Crippen LogP contribution in [0.4, 0.5) is 5.95 Å². The molecule has 1 aromatic carbocycles. The van der Waals surface area contributed by atoms with Gasteiger partial charge in [0.2, 0.25) is 0 Å². The van der Waals surface area contributed by atoms with E-state index in [1.165, 1.54) is 0 Å². The molecule has 0 radical (unpaired) electrons. The van der Waals surface area contributed by atoms with Crippen molar-refractivity contribution in [1.29, 1.82) is 0 Å². The normalized spacial score (nSPS) is 10.9. The molecular formula is C13H20N6. The topological polar surface area (TPSA) is 72.9 Å². The van der Waals surface area contributed by atoms with Crippen LogP contribution < -0.4 is 10.6 Å². The van der Waals surface area contributed by atoms with Crippen molar-refractivity contribution in [2.45, 2.75) is 26.3 Å². The van der Waals surface area contributed by atoms with Crippen LogP contribution in [0.1, 0.15) is 20.3 Å². The molecule has 0 saturated carbocycles. The second-order valence-electron chi connectivity index (χ2n) is 4.66. The van der Waals surface area contributed by atoms with Crippen molar-refractivity contribution < 1.29 is 0 Å². The van der Waals surface area contributed by atoms with Gasteiger partial charge in [0.1, 0.15) is 0 Å². The Morgan fingerprint density at radius 3 is 2.63 bits per heavy atom. The number of hydrogen-bond donors (Lipinski definition) is 1. The number of para-hydroxylation sites is 1. The molecule has 2 N–H and O–H groups in total. The molecule has 2 rings (SSSR count). The van der Waals surface area contributed by atoms with Gasteiger partial charge in [-0.3, -0.25) is 0 Å². The van der Waals surface area contributed by atoms with Gasteiger partial charge in [-0.05, 0) is 49.4 Å². The van der Waals surface area contributed by atoms with Crippen LogP contribution in [0.2, 0.25) is 0 Å². The molecule has 0 amide bonds. The Labute approximate surface area is 113 Å². The van der Waals surface area contributed by atoms with Gasteiger partial charge in [-0.15, -0.1) is 0 Å². The van der Waals surface area contributed by atoms with Crippen molar-refractivity contribution in [2.24, 2.45) is 5.73 Å². The molecule has 1 heterocycles. The zero-order valence-corrected chi connectivity index (χ0v) is 11.4. The minimum atomic E-state index is 0.319. The summed E-state index contributed by atoms with van der Waals surface area (Å²) in [6.45, 7) is 5.76. The predicted octanol–water partition coefficient (Wildman–Crippen LogP) is 1.23. The fourth-order valence-corrected chi connectivity index (χ4v) is 1.95. The van der Waals surface area contributed by atoms with E-state index in [1.54, 1.807) is 4.68 Å². The second-order valence-corrected chi connectivity index (χ2v) is 4.66. The quantitative estimate of drug-likeness (QED) is 0.845. The van der Waals surface area contributed by atoms with Crippen molar-refractivity contribution in [1.82, 2.24) is 20.2 Å². The Hall–Kier alpha value is -1.95. The van der Waals surface area contributed by atoms with Gasteiger partial charge in [0.05, 0.1) is 5.69 Å². The van der Waals surface area contributed by atoms with Crippen LogP contribution in [0, 0.1) is 0 Å². The molecule has 1 aromatic heterocycles. The zero-order valence-electron chi connectivity index (χ0n) is 11.4. The molecule has 2 aromatic rings. The predicted molar refractivity (Wildman–Crippen MR) is 75.3 cm³/mol. The molecular weight excluding hydrogens is 240 g/mol. The van der Waals surface area contributed by atoms with Crippen LogP contribution >= 0.6 is 0 Å². The first-order valence-corrected chi connectivity index (χ1v) is 6.54. The largest absolute Gasteiger partial charge is 0.337 e. The van der Waals surface area contributed by atoms with Gasteiger partial charge in [0.25, 0.3) is 5.95 Å². The van der Waals surface area contributed by atoms with E-state index in [4.69, 9.17) is 5.73 Å². The minimum Gasteiger partial charge on any atom is -0.337 e. The van der Waals surface area contributed by atoms with Gasteiger partial charge in [0, 0.05) is 12.6 Å². The van der Waals surface area contributed by atoms with Crippen LogP contribution in [0.15, 0.2) is 30.3 Å². The Balaban J connectivity index is 2.31. The van der Waals surface area contributed by atoms with Crippen molar-refractivity contribution in [3.05, 3.63) is 30.3 Å². The molecule has 0 bridgehead atoms. The summed E-state index contributed by atoms with van der Waals surface area (Å²) in [5.74, 6) is 0.759. The highest BCUT2D eigenvalue weighted by atomic mass is 15.6. The maximum atomic E-state index is 5.59. The van der Waals surface area contributed by atoms with Crippen LogP contribution in [-0.2, 0) is 0 Å². The van der Waals surface area contributed by atoms with E-state index in [0.717, 1.165) is 24.6 Å². The van der Waals surface area contributed by atoms with E-state index in [2.05, 4.69) is 34.3 Å². The summed E-state index contributed by atoms with van der Waals surface area (Å²) in [6.07, 6.45) is 0.916. The van der Waals surface area contributed by atoms with Crippen LogP contribution in [0.3, 0.4) is 0 Å². The highest BCUT2D eigenvalue weighted by Gasteiger charge is 2.18. The molecule has 0 unspecified atom stereocenters. The van der Waals surface area contributed by atoms with Gasteiger partial charge >= 0.3 is 0 Å². The average molecular weight is 260 g/mol. The smallest absolute Gasteiger partial charge is 0.250 e. The lowest BCUT2D eigenvalue weighted by Crippen LogP contribution is -2.35. The molecule has 0 saturated heterocycles. The fraction of sp³-hybridized carbons (Fsp3) is 0.462. The van der Waals surface area contributed by atoms with Gasteiger partial charge in [-0.2, -0.15) is 4.68 Å². The second kappa shape index (κ2) is 6.29. The summed E-state index contributed by atoms with van der Waals surface area (Å²) < 4.78 is 1.76. The zero-order chi connectivity index (χ0) is 13.7. The standard InChI is InChI=1S/C13H20N6/c1-11(2)18(10-6-9-14)13-15-16-17-19(13)12-7-4-3-5-8-12/h3-5,7-8,11H,6,9-10,14H2,1-2H3. The molecule has 0 aliphatic rings. The number of aromatic nitrogens is 4. The molecule has 0 fully saturated rings. The van der Waals surface area contributed by atoms with Crippen LogP contribution in [0.25, 0.3) is 5.69 Å². The van der Waals surface area contributed by atoms with E-state index >= 15 is 0 Å². The minimum absolute atomic E-state index is 0.319. The number of anilines is 1. The highest BCUT2D eigenvalue weighted by molar-refractivity contribution is 5.41. The summed E-state index contributed by atoms with van der Waals surface area (Å²) in [7, 11) is 0. The summed E-state index contributed by atoms with van der Waals surface area (Å²) in [5.41, 5.74) is 6.55. The highest BCUT2D eigenvalue weighted by Crippen LogP contribution is 2.17. The number of rotatable bonds is 6. The SMILES string of the molecule is CC(C)N(CCCN)c1nnnn1-c1ccccc1. The maximum absolute atomic E-state index is 5.59. The summed E-state index contributed by atoms with van der Waals surface area (Å²) in [4.78, 5) is 2.17. The van der Waals surface area contributed by atoms with Gasteiger partial charge in [-0.25, -0.2) is 0 Å². The lowest BCUT2D eigenvalue weighted by Gasteiger charge is -2.26. The first kappa shape index (κ1) is 13.5. The molecule has 0 aliphatic carbocycles. The van der Waals surface area contributed by atoms with Crippen LogP contribution in [-0.4, -0.2) is 39.3 Å². The van der Waals surface area contributed by atoms with E-state index in [9.17, 15) is 0 Å². The van der Waals surface area contributed by atoms with Gasteiger partial charge in [-0.1, -0.05) is 23.3 Å². The monoisotopic (exact) mass is 260 g/mol. The number of nitrogens with two attached hydrogens (primary N) is 1. The maximum Gasteiger partial charge on any atom is 0.250 e. The fourth-order valence-electron chi connectivity index (χ4n) is 1.95. The first-order valence-electron chi connectivity index (χ1n) is 6.54. The molecule has 6 nitrogen and oxygen atoms in total. The van der Waals surface area contributed by atoms with E-state index in [1.807, 2.05) is 30.3 Å². The first-order chi connectivity index (χ1) is 9.24. The number of nitrogens with zero attached hydrogens (tertiary/aromatic N) is 5. The van der Waals surface area contributed by atoms with E-state index in [-0.39, 0.29) is 0 Å². The molecule has 0 spiro atoms. The lowest BCUT2D eigenvalue weighted by atomic mass is 10.3. The van der Waals surface area contributed by atoms with Gasteiger partial charge < -0.3 is 10.6 Å². The Morgan fingerprint density at radius 2 is 2.00 bits per heavy atom. The molecule has 6 heteroatoms. The van der Waals surface area contributed by atoms with E-state index < -0.39 is 0 Å². The average Bonchev–Trinajstić information content (AvgIpc) is 2.89. The van der Waals surface area contributed by atoms with E-state index in [0.29, 0.717) is 12.6 Å². The van der Waals surface area contributed by atoms with Crippen LogP contribution in [0.5, 0.6) is 0 Å². The third-order valence-electron chi connectivity index (χ3n) is 2.94. The Bertz CT molecular complexity index is 493. The lowest BCUT2D eigenvalue weighted by molar-refractivity contribution is 0.628. The van der Waals surface area contributed by atoms with Crippen molar-refractivity contribution in [3.8, 4) is 5.69 Å². The number of benzene rings is 1. The van der Waals surface area contributed by atoms with Gasteiger partial charge in [0.15, 0.2) is 0 Å². The Kier molecular flexibility index (Phi) is 4.46. The third kappa shape index (κ3) is 3.08. The molecule has 102 valence electrons. The Morgan fingerprint density at radius 1 is 1.26 bits per heavy atom.